The number of anilines is 1. The van der Waals surface area contributed by atoms with E-state index in [-0.39, 0.29) is 32.9 Å². The zero-order chi connectivity index (χ0) is 18.2. The molecular weight excluding hydrogens is 355 g/mol. The molecule has 25 heavy (non-hydrogen) atoms. The van der Waals surface area contributed by atoms with Gasteiger partial charge in [-0.05, 0) is 13.0 Å². The fourth-order valence-electron chi connectivity index (χ4n) is 2.16. The Bertz CT molecular complexity index is 979. The van der Waals surface area contributed by atoms with Gasteiger partial charge in [-0.25, -0.2) is 9.97 Å². The first-order valence-corrected chi connectivity index (χ1v) is 7.81. The molecule has 6 nitrogen and oxygen atoms in total. The molecule has 0 aliphatic heterocycles. The number of rotatable bonds is 3. The third kappa shape index (κ3) is 3.51. The van der Waals surface area contributed by atoms with Gasteiger partial charge in [-0.2, -0.15) is 18.4 Å². The fourth-order valence-corrected chi connectivity index (χ4v) is 3.04. The Morgan fingerprint density at radius 2 is 2.08 bits per heavy atom. The highest BCUT2D eigenvalue weighted by Crippen LogP contribution is 2.38. The molecule has 0 aliphatic rings. The molecule has 0 amide bonds. The van der Waals surface area contributed by atoms with Crippen LogP contribution in [0.15, 0.2) is 34.2 Å². The number of pyridine rings is 1. The minimum atomic E-state index is -4.51. The summed E-state index contributed by atoms with van der Waals surface area (Å²) in [6.45, 7) is 1.74. The van der Waals surface area contributed by atoms with Crippen LogP contribution in [-0.4, -0.2) is 15.0 Å². The van der Waals surface area contributed by atoms with Gasteiger partial charge in [0.15, 0.2) is 10.7 Å². The van der Waals surface area contributed by atoms with Crippen LogP contribution < -0.4 is 5.73 Å². The average Bonchev–Trinajstić information content (AvgIpc) is 2.97. The van der Waals surface area contributed by atoms with E-state index in [1.807, 2.05) is 6.07 Å². The van der Waals surface area contributed by atoms with Crippen molar-refractivity contribution >= 4 is 28.5 Å². The van der Waals surface area contributed by atoms with E-state index >= 15 is 0 Å². The quantitative estimate of drug-likeness (QED) is 0.554. The zero-order valence-electron chi connectivity index (χ0n) is 12.7. The first kappa shape index (κ1) is 17.0. The van der Waals surface area contributed by atoms with Crippen LogP contribution in [-0.2, 0) is 6.18 Å². The van der Waals surface area contributed by atoms with Crippen LogP contribution in [0.4, 0.5) is 19.0 Å². The van der Waals surface area contributed by atoms with Gasteiger partial charge in [-0.15, -0.1) is 0 Å². The smallest absolute Gasteiger partial charge is 0.420 e. The molecule has 1 atom stereocenters. The van der Waals surface area contributed by atoms with E-state index in [2.05, 4.69) is 15.0 Å². The van der Waals surface area contributed by atoms with Crippen molar-refractivity contribution in [2.75, 3.05) is 5.73 Å². The van der Waals surface area contributed by atoms with Crippen molar-refractivity contribution in [3.05, 3.63) is 41.5 Å². The van der Waals surface area contributed by atoms with Crippen LogP contribution in [0.3, 0.4) is 0 Å². The summed E-state index contributed by atoms with van der Waals surface area (Å²) in [7, 11) is 0. The Labute approximate surface area is 143 Å². The number of hydrogen-bond acceptors (Lipinski definition) is 7. The molecule has 0 spiro atoms. The van der Waals surface area contributed by atoms with Crippen LogP contribution in [0.1, 0.15) is 29.1 Å². The Balaban J connectivity index is 1.93. The predicted molar refractivity (Wildman–Crippen MR) is 84.4 cm³/mol. The molecule has 0 saturated heterocycles. The normalized spacial score (nSPS) is 12.9. The SMILES string of the molecule is CC(Sc1nc(N)cc(C#N)n1)c1cc2c(C(F)(F)F)coc2cn1. The molecule has 1 unspecified atom stereocenters. The van der Waals surface area contributed by atoms with Crippen LogP contribution >= 0.6 is 11.8 Å². The molecule has 3 aromatic rings. The summed E-state index contributed by atoms with van der Waals surface area (Å²) in [6, 6.07) is 4.53. The maximum atomic E-state index is 13.0. The van der Waals surface area contributed by atoms with Gasteiger partial charge >= 0.3 is 6.18 Å². The van der Waals surface area contributed by atoms with Gasteiger partial charge in [-0.1, -0.05) is 11.8 Å². The fraction of sp³-hybridized carbons (Fsp3) is 0.200. The first-order valence-electron chi connectivity index (χ1n) is 6.93. The van der Waals surface area contributed by atoms with E-state index in [0.717, 1.165) is 11.8 Å². The summed E-state index contributed by atoms with van der Waals surface area (Å²) in [5.74, 6) is 0.138. The minimum absolute atomic E-state index is 0.0558. The topological polar surface area (TPSA) is 102 Å². The Morgan fingerprint density at radius 3 is 2.76 bits per heavy atom. The average molecular weight is 365 g/mol. The number of nitrogens with two attached hydrogens (primary N) is 1. The minimum Gasteiger partial charge on any atom is -0.462 e. The summed E-state index contributed by atoms with van der Waals surface area (Å²) in [4.78, 5) is 12.1. The van der Waals surface area contributed by atoms with Crippen molar-refractivity contribution in [3.63, 3.8) is 0 Å². The summed E-state index contributed by atoms with van der Waals surface area (Å²) < 4.78 is 43.9. The second-order valence-electron chi connectivity index (χ2n) is 5.08. The molecule has 0 bridgehead atoms. The molecule has 3 aromatic heterocycles. The maximum absolute atomic E-state index is 13.0. The maximum Gasteiger partial charge on any atom is 0.420 e. The molecule has 0 aromatic carbocycles. The second kappa shape index (κ2) is 6.25. The van der Waals surface area contributed by atoms with E-state index in [4.69, 9.17) is 15.4 Å². The van der Waals surface area contributed by atoms with Gasteiger partial charge in [0.25, 0.3) is 0 Å². The number of halogens is 3. The van der Waals surface area contributed by atoms with Gasteiger partial charge in [-0.3, -0.25) is 4.98 Å². The molecule has 0 radical (unpaired) electrons. The largest absolute Gasteiger partial charge is 0.462 e. The summed E-state index contributed by atoms with van der Waals surface area (Å²) in [5.41, 5.74) is 5.32. The van der Waals surface area contributed by atoms with Crippen molar-refractivity contribution in [2.24, 2.45) is 0 Å². The van der Waals surface area contributed by atoms with Gasteiger partial charge < -0.3 is 10.2 Å². The monoisotopic (exact) mass is 365 g/mol. The highest BCUT2D eigenvalue weighted by molar-refractivity contribution is 7.99. The number of nitrogens with zero attached hydrogens (tertiary/aromatic N) is 4. The Hall–Kier alpha value is -2.80. The van der Waals surface area contributed by atoms with Crippen LogP contribution in [0.2, 0.25) is 0 Å². The van der Waals surface area contributed by atoms with Gasteiger partial charge in [0.2, 0.25) is 0 Å². The summed E-state index contributed by atoms with van der Waals surface area (Å²) >= 11 is 1.14. The van der Waals surface area contributed by atoms with E-state index in [9.17, 15) is 13.2 Å². The molecule has 0 fully saturated rings. The molecule has 3 rings (SSSR count). The third-order valence-corrected chi connectivity index (χ3v) is 4.31. The second-order valence-corrected chi connectivity index (χ2v) is 6.39. The van der Waals surface area contributed by atoms with Crippen molar-refractivity contribution in [1.82, 2.24) is 15.0 Å². The number of aromatic nitrogens is 3. The first-order chi connectivity index (χ1) is 11.8. The zero-order valence-corrected chi connectivity index (χ0v) is 13.5. The highest BCUT2D eigenvalue weighted by atomic mass is 32.2. The Morgan fingerprint density at radius 1 is 1.32 bits per heavy atom. The van der Waals surface area contributed by atoms with E-state index < -0.39 is 11.7 Å². The molecule has 2 N–H and O–H groups in total. The number of nitrogen functional groups attached to an aromatic ring is 1. The Kier molecular flexibility index (Phi) is 4.26. The lowest BCUT2D eigenvalue weighted by Crippen LogP contribution is -2.04. The molecule has 10 heteroatoms. The molecule has 128 valence electrons. The highest BCUT2D eigenvalue weighted by Gasteiger charge is 2.35. The number of fused-ring (bicyclic) bond motifs is 1. The van der Waals surface area contributed by atoms with Crippen molar-refractivity contribution in [2.45, 2.75) is 23.5 Å². The van der Waals surface area contributed by atoms with Gasteiger partial charge in [0.1, 0.15) is 29.4 Å². The number of thioether (sulfide) groups is 1. The molecular formula is C15H10F3N5OS. The number of alkyl halides is 3. The molecule has 0 aliphatic carbocycles. The van der Waals surface area contributed by atoms with Gasteiger partial charge in [0.05, 0.1) is 17.1 Å². The summed E-state index contributed by atoms with van der Waals surface area (Å²) in [6.07, 6.45) is -2.59. The van der Waals surface area contributed by atoms with Crippen LogP contribution in [0.25, 0.3) is 11.0 Å². The summed E-state index contributed by atoms with van der Waals surface area (Å²) in [5, 5.41) is 8.72. The van der Waals surface area contributed by atoms with E-state index in [1.54, 1.807) is 6.92 Å². The van der Waals surface area contributed by atoms with Gasteiger partial charge in [0, 0.05) is 11.5 Å². The lowest BCUT2D eigenvalue weighted by atomic mass is 10.1. The third-order valence-electron chi connectivity index (χ3n) is 3.33. The number of nitriles is 1. The molecule has 3 heterocycles. The number of furan rings is 1. The van der Waals surface area contributed by atoms with E-state index in [0.29, 0.717) is 12.0 Å². The van der Waals surface area contributed by atoms with Crippen molar-refractivity contribution < 1.29 is 17.6 Å². The number of hydrogen-bond donors (Lipinski definition) is 1. The van der Waals surface area contributed by atoms with Crippen molar-refractivity contribution in [1.29, 1.82) is 5.26 Å². The van der Waals surface area contributed by atoms with E-state index in [1.165, 1.54) is 18.3 Å². The van der Waals surface area contributed by atoms with Crippen LogP contribution in [0.5, 0.6) is 0 Å². The van der Waals surface area contributed by atoms with Crippen molar-refractivity contribution in [3.8, 4) is 6.07 Å². The lowest BCUT2D eigenvalue weighted by Gasteiger charge is -2.10. The van der Waals surface area contributed by atoms with Crippen LogP contribution in [0, 0.1) is 11.3 Å². The predicted octanol–water partition coefficient (Wildman–Crippen LogP) is 3.94. The lowest BCUT2D eigenvalue weighted by molar-refractivity contribution is -0.136. The standard InChI is InChI=1S/C15H10F3N5OS/c1-7(25-14-22-8(4-19)2-13(20)23-14)11-3-9-10(15(16,17)18)6-24-12(9)5-21-11/h2-3,5-7H,1H3,(H2,20,22,23). The molecule has 0 saturated carbocycles.